The molecular weight excluding hydrogens is 363 g/mol. The fourth-order valence-corrected chi connectivity index (χ4v) is 2.91. The molecule has 0 aliphatic carbocycles. The number of rotatable bonds is 6. The Labute approximate surface area is 156 Å². The summed E-state index contributed by atoms with van der Waals surface area (Å²) < 4.78 is 5.12. The molecule has 1 N–H and O–H groups in total. The number of hydrogen-bond acceptors (Lipinski definition) is 3. The van der Waals surface area contributed by atoms with Crippen LogP contribution in [0.4, 0.5) is 11.4 Å². The fraction of sp³-hybridized carbons (Fsp3) is 0.222. The van der Waals surface area contributed by atoms with Crippen LogP contribution in [0.3, 0.4) is 0 Å². The van der Waals surface area contributed by atoms with Crippen LogP contribution >= 0.6 is 23.2 Å². The monoisotopic (exact) mass is 380 g/mol. The minimum Gasteiger partial charge on any atom is -0.497 e. The molecule has 2 aromatic carbocycles. The molecule has 7 heteroatoms. The van der Waals surface area contributed by atoms with Gasteiger partial charge in [0, 0.05) is 31.6 Å². The largest absolute Gasteiger partial charge is 0.497 e. The molecule has 0 aromatic heterocycles. The van der Waals surface area contributed by atoms with Crippen molar-refractivity contribution in [1.29, 1.82) is 0 Å². The average molecular weight is 381 g/mol. The molecule has 25 heavy (non-hydrogen) atoms. The number of halogens is 2. The van der Waals surface area contributed by atoms with Crippen LogP contribution in [-0.4, -0.2) is 25.5 Å². The van der Waals surface area contributed by atoms with Crippen molar-refractivity contribution in [3.05, 3.63) is 52.5 Å². The van der Waals surface area contributed by atoms with Crippen LogP contribution in [0.2, 0.25) is 10.0 Å². The quantitative estimate of drug-likeness (QED) is 0.808. The van der Waals surface area contributed by atoms with Crippen molar-refractivity contribution in [2.75, 3.05) is 23.9 Å². The van der Waals surface area contributed by atoms with Gasteiger partial charge in [-0.2, -0.15) is 0 Å². The standard InChI is InChI=1S/C18H18Cl2N2O3/c1-12(23)22(18-15(19)7-4-8-16(18)20)10-9-17(24)21-13-5-3-6-14(11-13)25-2/h3-8,11H,9-10H2,1-2H3,(H,21,24). The van der Waals surface area contributed by atoms with E-state index >= 15 is 0 Å². The van der Waals surface area contributed by atoms with Gasteiger partial charge in [0.25, 0.3) is 0 Å². The van der Waals surface area contributed by atoms with E-state index in [2.05, 4.69) is 5.32 Å². The molecule has 0 bridgehead atoms. The van der Waals surface area contributed by atoms with Gasteiger partial charge >= 0.3 is 0 Å². The van der Waals surface area contributed by atoms with Crippen LogP contribution in [0.25, 0.3) is 0 Å². The zero-order valence-corrected chi connectivity index (χ0v) is 15.4. The van der Waals surface area contributed by atoms with Crippen molar-refractivity contribution in [1.82, 2.24) is 0 Å². The molecule has 2 aromatic rings. The summed E-state index contributed by atoms with van der Waals surface area (Å²) in [5.41, 5.74) is 1.03. The number of amides is 2. The summed E-state index contributed by atoms with van der Waals surface area (Å²) in [6.07, 6.45) is 0.0956. The first-order valence-corrected chi connectivity index (χ1v) is 8.34. The third-order valence-electron chi connectivity index (χ3n) is 3.50. The molecule has 132 valence electrons. The molecule has 0 unspecified atom stereocenters. The number of ether oxygens (including phenoxy) is 1. The van der Waals surface area contributed by atoms with Crippen LogP contribution in [0, 0.1) is 0 Å². The Morgan fingerprint density at radius 2 is 1.76 bits per heavy atom. The van der Waals surface area contributed by atoms with E-state index in [0.717, 1.165) is 0 Å². The highest BCUT2D eigenvalue weighted by molar-refractivity contribution is 6.39. The SMILES string of the molecule is COc1cccc(NC(=O)CCN(C(C)=O)c2c(Cl)cccc2Cl)c1. The number of nitrogens with zero attached hydrogens (tertiary/aromatic N) is 1. The highest BCUT2D eigenvalue weighted by atomic mass is 35.5. The Balaban J connectivity index is 2.06. The third-order valence-corrected chi connectivity index (χ3v) is 4.11. The number of para-hydroxylation sites is 1. The van der Waals surface area contributed by atoms with Gasteiger partial charge in [0.2, 0.25) is 11.8 Å². The summed E-state index contributed by atoms with van der Waals surface area (Å²) >= 11 is 12.3. The number of benzene rings is 2. The van der Waals surface area contributed by atoms with E-state index in [1.807, 2.05) is 0 Å². The zero-order valence-electron chi connectivity index (χ0n) is 13.9. The lowest BCUT2D eigenvalue weighted by Gasteiger charge is -2.23. The van der Waals surface area contributed by atoms with Gasteiger partial charge in [0.15, 0.2) is 0 Å². The summed E-state index contributed by atoms with van der Waals surface area (Å²) in [5, 5.41) is 3.48. The van der Waals surface area contributed by atoms with Gasteiger partial charge in [0.1, 0.15) is 5.75 Å². The van der Waals surface area contributed by atoms with Gasteiger partial charge in [-0.1, -0.05) is 35.3 Å². The van der Waals surface area contributed by atoms with Gasteiger partial charge in [-0.05, 0) is 24.3 Å². The van der Waals surface area contributed by atoms with Gasteiger partial charge < -0.3 is 15.0 Å². The first kappa shape index (κ1) is 19.1. The molecule has 0 radical (unpaired) electrons. The number of carbonyl (C=O) groups excluding carboxylic acids is 2. The normalized spacial score (nSPS) is 10.2. The lowest BCUT2D eigenvalue weighted by atomic mass is 10.2. The number of hydrogen-bond donors (Lipinski definition) is 1. The summed E-state index contributed by atoms with van der Waals surface area (Å²) in [4.78, 5) is 25.5. The summed E-state index contributed by atoms with van der Waals surface area (Å²) in [6.45, 7) is 1.56. The van der Waals surface area contributed by atoms with E-state index in [-0.39, 0.29) is 24.8 Å². The number of methoxy groups -OCH3 is 1. The first-order chi connectivity index (χ1) is 11.9. The predicted molar refractivity (Wildman–Crippen MR) is 101 cm³/mol. The zero-order chi connectivity index (χ0) is 18.4. The Morgan fingerprint density at radius 3 is 2.36 bits per heavy atom. The molecule has 0 aliphatic heterocycles. The highest BCUT2D eigenvalue weighted by Gasteiger charge is 2.19. The Hall–Kier alpha value is -2.24. The molecule has 0 saturated heterocycles. The van der Waals surface area contributed by atoms with E-state index in [1.54, 1.807) is 49.6 Å². The molecule has 0 saturated carbocycles. The third kappa shape index (κ3) is 5.11. The van der Waals surface area contributed by atoms with Gasteiger partial charge in [0.05, 0.1) is 22.8 Å². The smallest absolute Gasteiger partial charge is 0.226 e. The summed E-state index contributed by atoms with van der Waals surface area (Å²) in [6, 6.07) is 12.0. The predicted octanol–water partition coefficient (Wildman–Crippen LogP) is 4.38. The second-order valence-corrected chi connectivity index (χ2v) is 6.09. The highest BCUT2D eigenvalue weighted by Crippen LogP contribution is 2.33. The van der Waals surface area contributed by atoms with Gasteiger partial charge in [-0.25, -0.2) is 0 Å². The Morgan fingerprint density at radius 1 is 1.12 bits per heavy atom. The molecule has 0 fully saturated rings. The van der Waals surface area contributed by atoms with E-state index < -0.39 is 0 Å². The van der Waals surface area contributed by atoms with Crippen LogP contribution < -0.4 is 15.0 Å². The lowest BCUT2D eigenvalue weighted by Crippen LogP contribution is -2.32. The van der Waals surface area contributed by atoms with Crippen LogP contribution in [0.15, 0.2) is 42.5 Å². The average Bonchev–Trinajstić information content (AvgIpc) is 2.57. The van der Waals surface area contributed by atoms with Gasteiger partial charge in [-0.3, -0.25) is 9.59 Å². The van der Waals surface area contributed by atoms with Crippen LogP contribution in [0.5, 0.6) is 5.75 Å². The van der Waals surface area contributed by atoms with Crippen molar-refractivity contribution in [2.45, 2.75) is 13.3 Å². The minimum absolute atomic E-state index is 0.0956. The Bertz CT molecular complexity index is 760. The van der Waals surface area contributed by atoms with E-state index in [0.29, 0.717) is 27.2 Å². The topological polar surface area (TPSA) is 58.6 Å². The molecule has 5 nitrogen and oxygen atoms in total. The maximum atomic E-state index is 12.2. The molecule has 2 amide bonds. The fourth-order valence-electron chi connectivity index (χ4n) is 2.31. The van der Waals surface area contributed by atoms with Crippen molar-refractivity contribution >= 4 is 46.4 Å². The number of anilines is 2. The summed E-state index contributed by atoms with van der Waals surface area (Å²) in [7, 11) is 1.55. The van der Waals surface area contributed by atoms with Crippen molar-refractivity contribution in [2.24, 2.45) is 0 Å². The van der Waals surface area contributed by atoms with E-state index in [1.165, 1.54) is 11.8 Å². The van der Waals surface area contributed by atoms with Crippen LogP contribution in [-0.2, 0) is 9.59 Å². The molecule has 0 aliphatic rings. The summed E-state index contributed by atoms with van der Waals surface area (Å²) in [5.74, 6) is 0.165. The molecule has 0 heterocycles. The van der Waals surface area contributed by atoms with Crippen molar-refractivity contribution < 1.29 is 14.3 Å². The van der Waals surface area contributed by atoms with Crippen molar-refractivity contribution in [3.8, 4) is 5.75 Å². The van der Waals surface area contributed by atoms with Crippen molar-refractivity contribution in [3.63, 3.8) is 0 Å². The van der Waals surface area contributed by atoms with Crippen LogP contribution in [0.1, 0.15) is 13.3 Å². The second-order valence-electron chi connectivity index (χ2n) is 5.27. The molecule has 0 spiro atoms. The maximum absolute atomic E-state index is 12.2. The second kappa shape index (κ2) is 8.74. The Kier molecular flexibility index (Phi) is 6.67. The molecule has 2 rings (SSSR count). The molecular formula is C18H18Cl2N2O3. The number of carbonyl (C=O) groups is 2. The lowest BCUT2D eigenvalue weighted by molar-refractivity contribution is -0.117. The van der Waals surface area contributed by atoms with E-state index in [9.17, 15) is 9.59 Å². The van der Waals surface area contributed by atoms with Gasteiger partial charge in [-0.15, -0.1) is 0 Å². The first-order valence-electron chi connectivity index (χ1n) is 7.58. The minimum atomic E-state index is -0.246. The van der Waals surface area contributed by atoms with E-state index in [4.69, 9.17) is 27.9 Å². The number of nitrogens with one attached hydrogen (secondary N) is 1. The molecule has 0 atom stereocenters. The maximum Gasteiger partial charge on any atom is 0.226 e.